The lowest BCUT2D eigenvalue weighted by Gasteiger charge is -2.38. The Bertz CT molecular complexity index is 1360. The van der Waals surface area contributed by atoms with Crippen molar-refractivity contribution in [3.8, 4) is 0 Å². The molecule has 1 unspecified atom stereocenters. The molecular formula is C31H31ClN4O. The first-order valence-electron chi connectivity index (χ1n) is 12.7. The molecule has 3 aromatic carbocycles. The van der Waals surface area contributed by atoms with Crippen LogP contribution in [0.15, 0.2) is 91.3 Å². The predicted octanol–water partition coefficient (Wildman–Crippen LogP) is 6.87. The Kier molecular flexibility index (Phi) is 7.42. The number of pyridine rings is 1. The maximum atomic E-state index is 13.6. The lowest BCUT2D eigenvalue weighted by molar-refractivity contribution is -0.118. The topological polar surface area (TPSA) is 48.5 Å². The number of anilines is 3. The van der Waals surface area contributed by atoms with Crippen LogP contribution in [0, 0.1) is 0 Å². The van der Waals surface area contributed by atoms with E-state index in [1.807, 2.05) is 65.8 Å². The van der Waals surface area contributed by atoms with Gasteiger partial charge in [-0.1, -0.05) is 36.7 Å². The zero-order chi connectivity index (χ0) is 25.8. The third-order valence-electron chi connectivity index (χ3n) is 6.81. The van der Waals surface area contributed by atoms with E-state index in [2.05, 4.69) is 59.5 Å². The number of rotatable bonds is 8. The fourth-order valence-corrected chi connectivity index (χ4v) is 5.03. The maximum Gasteiger partial charge on any atom is 0.232 e. The van der Waals surface area contributed by atoms with E-state index in [0.29, 0.717) is 11.4 Å². The second-order valence-electron chi connectivity index (χ2n) is 9.46. The highest BCUT2D eigenvalue weighted by atomic mass is 35.5. The molecule has 1 aliphatic rings. The first-order valence-corrected chi connectivity index (χ1v) is 13.1. The van der Waals surface area contributed by atoms with Gasteiger partial charge in [0.25, 0.3) is 0 Å². The van der Waals surface area contributed by atoms with Crippen molar-refractivity contribution in [3.05, 3.63) is 119 Å². The van der Waals surface area contributed by atoms with Crippen molar-refractivity contribution < 1.29 is 4.79 Å². The van der Waals surface area contributed by atoms with Gasteiger partial charge in [0.15, 0.2) is 0 Å². The Balaban J connectivity index is 1.50. The van der Waals surface area contributed by atoms with Gasteiger partial charge in [0, 0.05) is 54.6 Å². The van der Waals surface area contributed by atoms with Gasteiger partial charge in [0.2, 0.25) is 5.91 Å². The second kappa shape index (κ2) is 11.1. The minimum atomic E-state index is -0.239. The molecule has 1 aromatic heterocycles. The van der Waals surface area contributed by atoms with Crippen molar-refractivity contribution in [3.63, 3.8) is 0 Å². The van der Waals surface area contributed by atoms with Crippen LogP contribution in [0.25, 0.3) is 0 Å². The van der Waals surface area contributed by atoms with Gasteiger partial charge in [-0.25, -0.2) is 0 Å². The lowest BCUT2D eigenvalue weighted by atomic mass is 9.87. The van der Waals surface area contributed by atoms with Crippen LogP contribution in [0.2, 0.25) is 5.02 Å². The molecule has 0 saturated carbocycles. The molecule has 5 rings (SSSR count). The van der Waals surface area contributed by atoms with Gasteiger partial charge < -0.3 is 15.1 Å². The number of aromatic nitrogens is 1. The van der Waals surface area contributed by atoms with E-state index in [0.717, 1.165) is 53.3 Å². The molecule has 37 heavy (non-hydrogen) atoms. The molecule has 1 amide bonds. The average Bonchev–Trinajstić information content (AvgIpc) is 2.92. The van der Waals surface area contributed by atoms with Crippen molar-refractivity contribution in [2.75, 3.05) is 28.7 Å². The molecule has 1 atom stereocenters. The third-order valence-corrected chi connectivity index (χ3v) is 7.06. The van der Waals surface area contributed by atoms with E-state index < -0.39 is 0 Å². The predicted molar refractivity (Wildman–Crippen MR) is 152 cm³/mol. The monoisotopic (exact) mass is 510 g/mol. The van der Waals surface area contributed by atoms with E-state index in [4.69, 9.17) is 11.6 Å². The van der Waals surface area contributed by atoms with Crippen LogP contribution in [0.5, 0.6) is 0 Å². The van der Waals surface area contributed by atoms with Crippen LogP contribution in [-0.4, -0.2) is 24.5 Å². The van der Waals surface area contributed by atoms with Crippen LogP contribution in [0.1, 0.15) is 41.6 Å². The van der Waals surface area contributed by atoms with Gasteiger partial charge in [0.1, 0.15) is 0 Å². The standard InChI is InChI=1S/C31H31ClN4O/c1-3-16-34-26-9-6-24-19-30(37)36(31(29(24)20-26)23-4-7-25(32)8-5-23)28-12-10-27(11-13-28)35(2)21-22-14-17-33-18-15-22/h4-15,17-18,20,31,34H,3,16,19,21H2,1-2H3. The Hall–Kier alpha value is -3.83. The van der Waals surface area contributed by atoms with E-state index in [-0.39, 0.29) is 11.9 Å². The SMILES string of the molecule is CCCNc1ccc2c(c1)C(c1ccc(Cl)cc1)N(c1ccc(N(C)Cc3ccncc3)cc1)C(=O)C2. The highest BCUT2D eigenvalue weighted by Gasteiger charge is 2.35. The molecular weight excluding hydrogens is 480 g/mol. The summed E-state index contributed by atoms with van der Waals surface area (Å²) in [6, 6.07) is 26.2. The average molecular weight is 511 g/mol. The summed E-state index contributed by atoms with van der Waals surface area (Å²) in [5, 5.41) is 4.18. The number of carbonyl (C=O) groups excluding carboxylic acids is 1. The Morgan fingerprint density at radius 2 is 1.73 bits per heavy atom. The molecule has 5 nitrogen and oxygen atoms in total. The minimum absolute atomic E-state index is 0.0830. The number of carbonyl (C=O) groups is 1. The zero-order valence-corrected chi connectivity index (χ0v) is 21.9. The first kappa shape index (κ1) is 24.8. The highest BCUT2D eigenvalue weighted by Crippen LogP contribution is 2.40. The third kappa shape index (κ3) is 5.47. The molecule has 6 heteroatoms. The van der Waals surface area contributed by atoms with Crippen LogP contribution in [-0.2, 0) is 17.8 Å². The number of hydrogen-bond donors (Lipinski definition) is 1. The van der Waals surface area contributed by atoms with Crippen LogP contribution < -0.4 is 15.1 Å². The van der Waals surface area contributed by atoms with Crippen LogP contribution in [0.4, 0.5) is 17.1 Å². The largest absolute Gasteiger partial charge is 0.385 e. The van der Waals surface area contributed by atoms with Gasteiger partial charge in [-0.05, 0) is 89.3 Å². The van der Waals surface area contributed by atoms with Gasteiger partial charge in [-0.3, -0.25) is 9.78 Å². The summed E-state index contributed by atoms with van der Waals surface area (Å²) in [6.07, 6.45) is 5.04. The van der Waals surface area contributed by atoms with E-state index in [1.54, 1.807) is 0 Å². The van der Waals surface area contributed by atoms with E-state index in [9.17, 15) is 4.79 Å². The fraction of sp³-hybridized carbons (Fsp3) is 0.226. The maximum absolute atomic E-state index is 13.6. The second-order valence-corrected chi connectivity index (χ2v) is 9.90. The van der Waals surface area contributed by atoms with Crippen molar-refractivity contribution in [2.24, 2.45) is 0 Å². The summed E-state index contributed by atoms with van der Waals surface area (Å²) < 4.78 is 0. The number of nitrogens with zero attached hydrogens (tertiary/aromatic N) is 3. The normalized spacial score (nSPS) is 14.8. The number of fused-ring (bicyclic) bond motifs is 1. The van der Waals surface area contributed by atoms with Crippen molar-refractivity contribution in [1.82, 2.24) is 4.98 Å². The number of amides is 1. The quantitative estimate of drug-likeness (QED) is 0.281. The van der Waals surface area contributed by atoms with Gasteiger partial charge in [0.05, 0.1) is 12.5 Å². The Morgan fingerprint density at radius 3 is 2.43 bits per heavy atom. The van der Waals surface area contributed by atoms with Gasteiger partial charge >= 0.3 is 0 Å². The Labute approximate surface area is 223 Å². The summed E-state index contributed by atoms with van der Waals surface area (Å²) in [6.45, 7) is 3.83. The molecule has 0 aliphatic carbocycles. The summed E-state index contributed by atoms with van der Waals surface area (Å²) in [4.78, 5) is 21.8. The summed E-state index contributed by atoms with van der Waals surface area (Å²) in [5.41, 5.74) is 7.47. The fourth-order valence-electron chi connectivity index (χ4n) is 4.91. The molecule has 0 radical (unpaired) electrons. The smallest absolute Gasteiger partial charge is 0.232 e. The van der Waals surface area contributed by atoms with Gasteiger partial charge in [-0.2, -0.15) is 0 Å². The Morgan fingerprint density at radius 1 is 1.00 bits per heavy atom. The van der Waals surface area contributed by atoms with Crippen molar-refractivity contribution in [2.45, 2.75) is 32.4 Å². The number of benzene rings is 3. The highest BCUT2D eigenvalue weighted by molar-refractivity contribution is 6.30. The molecule has 0 bridgehead atoms. The lowest BCUT2D eigenvalue weighted by Crippen LogP contribution is -2.41. The van der Waals surface area contributed by atoms with Crippen molar-refractivity contribution in [1.29, 1.82) is 0 Å². The minimum Gasteiger partial charge on any atom is -0.385 e. The van der Waals surface area contributed by atoms with E-state index in [1.165, 1.54) is 5.56 Å². The van der Waals surface area contributed by atoms with Crippen LogP contribution >= 0.6 is 11.6 Å². The molecule has 2 heterocycles. The zero-order valence-electron chi connectivity index (χ0n) is 21.2. The summed E-state index contributed by atoms with van der Waals surface area (Å²) in [7, 11) is 2.07. The number of hydrogen-bond acceptors (Lipinski definition) is 4. The summed E-state index contributed by atoms with van der Waals surface area (Å²) in [5.74, 6) is 0.0830. The molecule has 1 N–H and O–H groups in total. The van der Waals surface area contributed by atoms with Gasteiger partial charge in [-0.15, -0.1) is 0 Å². The molecule has 0 fully saturated rings. The molecule has 1 aliphatic heterocycles. The van der Waals surface area contributed by atoms with E-state index >= 15 is 0 Å². The number of halogens is 1. The molecule has 0 spiro atoms. The number of nitrogens with one attached hydrogen (secondary N) is 1. The summed E-state index contributed by atoms with van der Waals surface area (Å²) >= 11 is 6.22. The molecule has 188 valence electrons. The molecule has 0 saturated heterocycles. The van der Waals surface area contributed by atoms with Crippen molar-refractivity contribution >= 4 is 34.6 Å². The first-order chi connectivity index (χ1) is 18.0. The van der Waals surface area contributed by atoms with Crippen LogP contribution in [0.3, 0.4) is 0 Å². The molecule has 4 aromatic rings.